The molecule has 11 atom stereocenters. The number of nitrogens with one attached hydrogen (secondary N) is 5. The predicted molar refractivity (Wildman–Crippen MR) is 236 cm³/mol. The Morgan fingerprint density at radius 3 is 1.84 bits per heavy atom. The van der Waals surface area contributed by atoms with Crippen LogP contribution in [0.2, 0.25) is 0 Å². The van der Waals surface area contributed by atoms with E-state index in [1.54, 1.807) is 13.8 Å². The number of carboxylic acid groups (broad SMARTS) is 1. The van der Waals surface area contributed by atoms with E-state index in [-0.39, 0.29) is 49.9 Å². The fourth-order valence-corrected chi connectivity index (χ4v) is 12.0. The van der Waals surface area contributed by atoms with Crippen molar-refractivity contribution in [2.45, 2.75) is 141 Å². The lowest BCUT2D eigenvalue weighted by Crippen LogP contribution is -2.74. The lowest BCUT2D eigenvalue weighted by atomic mass is 9.39. The molecule has 1 spiro atoms. The normalized spacial score (nSPS) is 33.2. The molecule has 24 heteroatoms. The molecule has 0 aromatic carbocycles. The van der Waals surface area contributed by atoms with Crippen LogP contribution in [0.3, 0.4) is 0 Å². The quantitative estimate of drug-likeness (QED) is 0.0657. The second kappa shape index (κ2) is 20.9. The molecule has 0 radical (unpaired) electrons. The van der Waals surface area contributed by atoms with Gasteiger partial charge in [0.25, 0.3) is 0 Å². The number of carboxylic acids is 1. The second-order valence-corrected chi connectivity index (χ2v) is 19.6. The fourth-order valence-electron chi connectivity index (χ4n) is 12.0. The Morgan fingerprint density at radius 2 is 1.29 bits per heavy atom. The summed E-state index contributed by atoms with van der Waals surface area (Å²) < 4.78 is 6.12. The van der Waals surface area contributed by atoms with E-state index >= 15 is 9.59 Å². The van der Waals surface area contributed by atoms with Crippen LogP contribution in [-0.2, 0) is 67.1 Å². The van der Waals surface area contributed by atoms with Crippen molar-refractivity contribution in [3.8, 4) is 0 Å². The van der Waals surface area contributed by atoms with Crippen LogP contribution in [0.25, 0.3) is 0 Å². The van der Waals surface area contributed by atoms with E-state index < -0.39 is 193 Å². The van der Waals surface area contributed by atoms with E-state index in [0.717, 1.165) is 11.8 Å². The Bertz CT molecular complexity index is 2230. The summed E-state index contributed by atoms with van der Waals surface area (Å²) in [5.74, 6) is -14.8. The van der Waals surface area contributed by atoms with Crippen molar-refractivity contribution >= 4 is 76.7 Å². The summed E-state index contributed by atoms with van der Waals surface area (Å²) in [6.07, 6.45) is -4.92. The highest BCUT2D eigenvalue weighted by Gasteiger charge is 2.77. The molecule has 1 saturated heterocycles. The minimum absolute atomic E-state index is 0.00726. The van der Waals surface area contributed by atoms with Gasteiger partial charge in [-0.1, -0.05) is 27.4 Å². The summed E-state index contributed by atoms with van der Waals surface area (Å²) in [7, 11) is 0. The van der Waals surface area contributed by atoms with Crippen LogP contribution in [0, 0.1) is 34.0 Å². The van der Waals surface area contributed by atoms with E-state index in [2.05, 4.69) is 33.2 Å². The zero-order valence-corrected chi connectivity index (χ0v) is 39.1. The highest BCUT2D eigenvalue weighted by Crippen LogP contribution is 2.72. The van der Waals surface area contributed by atoms with Crippen LogP contribution in [0.5, 0.6) is 0 Å². The number of carbonyl (C=O) groups is 13. The lowest BCUT2D eigenvalue weighted by molar-refractivity contribution is -0.225. The number of ketones is 2. The molecule has 0 aromatic rings. The molecule has 5 rings (SSSR count). The van der Waals surface area contributed by atoms with Crippen LogP contribution in [0.1, 0.15) is 105 Å². The summed E-state index contributed by atoms with van der Waals surface area (Å²) >= 11 is 0. The minimum atomic E-state index is -2.04. The maximum atomic E-state index is 15.9. The highest BCUT2D eigenvalue weighted by atomic mass is 16.5. The summed E-state index contributed by atoms with van der Waals surface area (Å²) in [6.45, 7) is 9.00. The van der Waals surface area contributed by atoms with Crippen molar-refractivity contribution in [3.05, 3.63) is 12.2 Å². The highest BCUT2D eigenvalue weighted by molar-refractivity contribution is 6.07. The van der Waals surface area contributed by atoms with Gasteiger partial charge in [-0.05, 0) is 67.8 Å². The first-order chi connectivity index (χ1) is 32.2. The first kappa shape index (κ1) is 53.2. The number of fused-ring (bicyclic) bond motifs is 3. The van der Waals surface area contributed by atoms with Gasteiger partial charge in [-0.25, -0.2) is 0 Å². The average molecular weight is 970 g/mol. The smallest absolute Gasteiger partial charge is 0.303 e. The Labute approximate surface area is 397 Å². The zero-order valence-electron chi connectivity index (χ0n) is 39.1. The van der Waals surface area contributed by atoms with Gasteiger partial charge in [-0.3, -0.25) is 62.3 Å². The standard InChI is InChI=1S/C45H63N9O15/c1-20-22-6-10-27-44(5)15-14-29(56)43(3,4)28(44)17-30(69-21(2)55)45(27,38(20)64)37(22)54-26(16-33(48)59)41(67)50-19-35(61)51-23(7-11-31(46)57)39(65)49-18-34(60)52-24(9-13-36(62)63)40(66)53-25(42(54)68)8-12-32(47)58/h22-28,30,37H,1,6-19H2,2-5H3,(H2,46,57)(H2,47,58)(H2,48,59)(H,49,65)(H,50,67)(H,51,61)(H,52,60)(H,53,66)(H,62,63)/t22?,23-,24-,25-,26-,27?,28+,30?,37?,44-,45?/m0/s1. The van der Waals surface area contributed by atoms with Gasteiger partial charge >= 0.3 is 11.9 Å². The Morgan fingerprint density at radius 1 is 0.739 bits per heavy atom. The molecule has 0 aromatic heterocycles. The molecule has 5 aliphatic rings. The van der Waals surface area contributed by atoms with Crippen molar-refractivity contribution < 1.29 is 72.2 Å². The van der Waals surface area contributed by atoms with E-state index in [1.807, 2.05) is 6.92 Å². The Kier molecular flexibility index (Phi) is 16.1. The summed E-state index contributed by atoms with van der Waals surface area (Å²) in [5.41, 5.74) is 12.8. The third-order valence-corrected chi connectivity index (χ3v) is 15.1. The molecule has 378 valence electrons. The summed E-state index contributed by atoms with van der Waals surface area (Å²) in [5, 5.41) is 21.3. The van der Waals surface area contributed by atoms with Crippen molar-refractivity contribution in [1.29, 1.82) is 0 Å². The molecule has 4 saturated carbocycles. The van der Waals surface area contributed by atoms with E-state index in [1.165, 1.54) is 0 Å². The number of Topliss-reactive ketones (excluding diaryl/α,β-unsaturated/α-hetero) is 2. The van der Waals surface area contributed by atoms with Gasteiger partial charge in [-0.2, -0.15) is 0 Å². The van der Waals surface area contributed by atoms with Gasteiger partial charge in [-0.15, -0.1) is 0 Å². The second-order valence-electron chi connectivity index (χ2n) is 19.6. The largest absolute Gasteiger partial charge is 0.481 e. The van der Waals surface area contributed by atoms with Crippen molar-refractivity contribution in [2.24, 2.45) is 51.2 Å². The van der Waals surface area contributed by atoms with Crippen LogP contribution >= 0.6 is 0 Å². The summed E-state index contributed by atoms with van der Waals surface area (Å²) in [4.78, 5) is 177. The van der Waals surface area contributed by atoms with Crippen molar-refractivity contribution in [3.63, 3.8) is 0 Å². The lowest BCUT2D eigenvalue weighted by Gasteiger charge is -2.66. The molecule has 9 amide bonds. The van der Waals surface area contributed by atoms with Crippen LogP contribution in [-0.4, -0.2) is 136 Å². The number of ether oxygens (including phenoxy) is 1. The predicted octanol–water partition coefficient (Wildman–Crippen LogP) is -2.98. The van der Waals surface area contributed by atoms with Gasteiger partial charge < -0.3 is 58.5 Å². The SMILES string of the molecule is C=C1C(=O)C23C(OC(C)=O)C[C@@H]4C(C)(C)C(=O)CC[C@@]4(C)C2CCC1C3N1C(=O)[C@H](CCC(N)=O)NC(=O)[C@H](CCC(=O)O)NC(=O)CNC(=O)[C@H](CCC(N)=O)NC(=O)CNC(=O)[C@@H]1CC(N)=O. The number of amides is 9. The monoisotopic (exact) mass is 969 g/mol. The number of nitrogens with two attached hydrogens (primary N) is 3. The molecule has 5 fully saturated rings. The van der Waals surface area contributed by atoms with Crippen molar-refractivity contribution in [2.75, 3.05) is 13.1 Å². The number of aliphatic carboxylic acids is 1. The number of carbonyl (C=O) groups excluding carboxylic acids is 12. The molecule has 24 nitrogen and oxygen atoms in total. The molecule has 12 N–H and O–H groups in total. The van der Waals surface area contributed by atoms with E-state index in [4.69, 9.17) is 21.9 Å². The van der Waals surface area contributed by atoms with Gasteiger partial charge in [0, 0.05) is 43.9 Å². The van der Waals surface area contributed by atoms with Crippen LogP contribution in [0.4, 0.5) is 0 Å². The van der Waals surface area contributed by atoms with Crippen LogP contribution in [0.15, 0.2) is 12.2 Å². The van der Waals surface area contributed by atoms with E-state index in [0.29, 0.717) is 0 Å². The Balaban J connectivity index is 1.78. The van der Waals surface area contributed by atoms with Crippen LogP contribution < -0.4 is 43.8 Å². The first-order valence-corrected chi connectivity index (χ1v) is 23.0. The first-order valence-electron chi connectivity index (χ1n) is 23.0. The van der Waals surface area contributed by atoms with Gasteiger partial charge in [0.2, 0.25) is 53.2 Å². The number of esters is 1. The number of hydrogen-bond acceptors (Lipinski definition) is 14. The van der Waals surface area contributed by atoms with Gasteiger partial charge in [0.05, 0.1) is 31.0 Å². The topological polar surface area (TPSA) is 393 Å². The third-order valence-electron chi connectivity index (χ3n) is 15.1. The summed E-state index contributed by atoms with van der Waals surface area (Å²) in [6, 6.07) is -8.74. The number of primary amides is 3. The third kappa shape index (κ3) is 10.8. The average Bonchev–Trinajstić information content (AvgIpc) is 3.38. The van der Waals surface area contributed by atoms with Crippen molar-refractivity contribution in [1.82, 2.24) is 31.5 Å². The molecule has 5 unspecified atom stereocenters. The number of nitrogens with zero attached hydrogens (tertiary/aromatic N) is 1. The Hall–Kier alpha value is -6.75. The number of hydrogen-bond donors (Lipinski definition) is 9. The molecule has 1 heterocycles. The maximum Gasteiger partial charge on any atom is 0.303 e. The molecule has 2 bridgehead atoms. The maximum absolute atomic E-state index is 15.9. The minimum Gasteiger partial charge on any atom is -0.481 e. The molecule has 1 aliphatic heterocycles. The zero-order chi connectivity index (χ0) is 51.5. The fraction of sp³-hybridized carbons (Fsp3) is 0.667. The number of rotatable bonds is 13. The van der Waals surface area contributed by atoms with Gasteiger partial charge in [0.15, 0.2) is 5.78 Å². The molecular weight excluding hydrogens is 907 g/mol. The van der Waals surface area contributed by atoms with Gasteiger partial charge in [0.1, 0.15) is 36.1 Å². The molecular formula is C45H63N9O15. The molecule has 4 aliphatic carbocycles. The van der Waals surface area contributed by atoms with E-state index in [9.17, 15) is 57.8 Å². The molecule has 69 heavy (non-hydrogen) atoms.